The normalized spacial score (nSPS) is 16.6. The summed E-state index contributed by atoms with van der Waals surface area (Å²) in [5.41, 5.74) is 13.1. The lowest BCUT2D eigenvalue weighted by Crippen LogP contribution is -2.41. The average molecular weight is 445 g/mol. The number of urea groups is 2. The molecule has 0 radical (unpaired) electrons. The molecule has 4 amide bonds. The highest BCUT2D eigenvalue weighted by Crippen LogP contribution is 2.37. The fourth-order valence-electron chi connectivity index (χ4n) is 3.55. The molecule has 5 N–H and O–H groups in total. The quantitative estimate of drug-likeness (QED) is 0.599. The molecule has 1 atom stereocenters. The van der Waals surface area contributed by atoms with Gasteiger partial charge in [0.25, 0.3) is 0 Å². The fraction of sp³-hybridized carbons (Fsp3) is 0.409. The molecule has 166 valence electrons. The van der Waals surface area contributed by atoms with Crippen LogP contribution in [0.25, 0.3) is 10.4 Å². The summed E-state index contributed by atoms with van der Waals surface area (Å²) < 4.78 is 5.70. The SMILES string of the molecule is CC(C)c1cccc(-c2cc(C(=O)OC3CCCCN(C(N)=O)C3)c(NC(N)=O)s2)c1. The number of amides is 4. The van der Waals surface area contributed by atoms with Crippen LogP contribution < -0.4 is 16.8 Å². The summed E-state index contributed by atoms with van der Waals surface area (Å²) in [7, 11) is 0. The first kappa shape index (κ1) is 22.6. The van der Waals surface area contributed by atoms with E-state index in [0.29, 0.717) is 23.9 Å². The number of nitrogens with one attached hydrogen (secondary N) is 1. The van der Waals surface area contributed by atoms with Gasteiger partial charge in [-0.05, 0) is 42.4 Å². The van der Waals surface area contributed by atoms with E-state index in [2.05, 4.69) is 31.3 Å². The van der Waals surface area contributed by atoms with Crippen LogP contribution in [0.3, 0.4) is 0 Å². The van der Waals surface area contributed by atoms with Crippen LogP contribution in [0.2, 0.25) is 0 Å². The van der Waals surface area contributed by atoms with Gasteiger partial charge in [0.05, 0.1) is 12.1 Å². The van der Waals surface area contributed by atoms with Gasteiger partial charge in [-0.1, -0.05) is 38.1 Å². The van der Waals surface area contributed by atoms with E-state index in [0.717, 1.165) is 23.3 Å². The van der Waals surface area contributed by atoms with Crippen LogP contribution in [0, 0.1) is 0 Å². The van der Waals surface area contributed by atoms with Gasteiger partial charge in [-0.15, -0.1) is 11.3 Å². The zero-order valence-corrected chi connectivity index (χ0v) is 18.5. The first-order chi connectivity index (χ1) is 14.7. The van der Waals surface area contributed by atoms with Gasteiger partial charge >= 0.3 is 18.0 Å². The highest BCUT2D eigenvalue weighted by atomic mass is 32.1. The number of hydrogen-bond acceptors (Lipinski definition) is 5. The van der Waals surface area contributed by atoms with E-state index in [9.17, 15) is 14.4 Å². The number of benzene rings is 1. The van der Waals surface area contributed by atoms with Crippen LogP contribution in [0.1, 0.15) is 54.9 Å². The van der Waals surface area contributed by atoms with Gasteiger partial charge in [0.15, 0.2) is 0 Å². The summed E-state index contributed by atoms with van der Waals surface area (Å²) in [5, 5.41) is 2.87. The second-order valence-electron chi connectivity index (χ2n) is 7.93. The second-order valence-corrected chi connectivity index (χ2v) is 8.98. The Morgan fingerprint density at radius 3 is 2.65 bits per heavy atom. The molecule has 0 saturated carbocycles. The number of carbonyl (C=O) groups excluding carboxylic acids is 3. The van der Waals surface area contributed by atoms with Gasteiger partial charge in [-0.25, -0.2) is 14.4 Å². The molecule has 1 unspecified atom stereocenters. The van der Waals surface area contributed by atoms with Crippen LogP contribution in [0.5, 0.6) is 0 Å². The molecular formula is C22H28N4O4S. The third kappa shape index (κ3) is 5.75. The molecule has 0 bridgehead atoms. The summed E-state index contributed by atoms with van der Waals surface area (Å²) in [5.74, 6) is -0.210. The minimum Gasteiger partial charge on any atom is -0.457 e. The summed E-state index contributed by atoms with van der Waals surface area (Å²) in [6.45, 7) is 5.02. The molecule has 9 heteroatoms. The first-order valence-electron chi connectivity index (χ1n) is 10.3. The number of nitrogens with two attached hydrogens (primary N) is 2. The Hall–Kier alpha value is -3.07. The monoisotopic (exact) mass is 444 g/mol. The molecule has 3 rings (SSSR count). The summed E-state index contributed by atoms with van der Waals surface area (Å²) in [6.07, 6.45) is 1.81. The molecule has 1 aromatic heterocycles. The number of likely N-dealkylation sites (tertiary alicyclic amines) is 1. The lowest BCUT2D eigenvalue weighted by molar-refractivity contribution is 0.0242. The highest BCUT2D eigenvalue weighted by Gasteiger charge is 2.26. The third-order valence-corrected chi connectivity index (χ3v) is 6.34. The van der Waals surface area contributed by atoms with Crippen molar-refractivity contribution >= 4 is 34.4 Å². The second kappa shape index (κ2) is 9.82. The van der Waals surface area contributed by atoms with Gasteiger partial charge in [0.2, 0.25) is 0 Å². The van der Waals surface area contributed by atoms with Crippen molar-refractivity contribution in [3.63, 3.8) is 0 Å². The number of carbonyl (C=O) groups is 3. The van der Waals surface area contributed by atoms with Crippen LogP contribution in [-0.2, 0) is 4.74 Å². The number of thiophene rings is 1. The van der Waals surface area contributed by atoms with Gasteiger partial charge in [0.1, 0.15) is 11.1 Å². The molecular weight excluding hydrogens is 416 g/mol. The van der Waals surface area contributed by atoms with Gasteiger partial charge < -0.3 is 21.1 Å². The molecule has 8 nitrogen and oxygen atoms in total. The maximum atomic E-state index is 13.0. The molecule has 0 aliphatic carbocycles. The number of nitrogens with zero attached hydrogens (tertiary/aromatic N) is 1. The number of rotatable bonds is 5. The third-order valence-electron chi connectivity index (χ3n) is 5.24. The summed E-state index contributed by atoms with van der Waals surface area (Å²) >= 11 is 1.26. The minimum atomic E-state index is -0.757. The van der Waals surface area contributed by atoms with Crippen LogP contribution in [0.15, 0.2) is 30.3 Å². The maximum absolute atomic E-state index is 13.0. The largest absolute Gasteiger partial charge is 0.457 e. The van der Waals surface area contributed by atoms with Crippen molar-refractivity contribution in [1.82, 2.24) is 4.90 Å². The van der Waals surface area contributed by atoms with Crippen LogP contribution >= 0.6 is 11.3 Å². The van der Waals surface area contributed by atoms with Crippen molar-refractivity contribution in [1.29, 1.82) is 0 Å². The molecule has 1 aliphatic rings. The predicted octanol–water partition coefficient (Wildman–Crippen LogP) is 4.12. The van der Waals surface area contributed by atoms with Crippen molar-refractivity contribution < 1.29 is 19.1 Å². The van der Waals surface area contributed by atoms with E-state index in [1.807, 2.05) is 12.1 Å². The highest BCUT2D eigenvalue weighted by molar-refractivity contribution is 7.20. The Morgan fingerprint density at radius 2 is 1.97 bits per heavy atom. The Bertz CT molecular complexity index is 972. The average Bonchev–Trinajstić information content (AvgIpc) is 2.98. The topological polar surface area (TPSA) is 128 Å². The Kier molecular flexibility index (Phi) is 7.17. The van der Waals surface area contributed by atoms with E-state index in [1.54, 1.807) is 6.07 Å². The van der Waals surface area contributed by atoms with Crippen LogP contribution in [-0.4, -0.2) is 42.1 Å². The van der Waals surface area contributed by atoms with E-state index >= 15 is 0 Å². The van der Waals surface area contributed by atoms with Gasteiger partial charge in [0, 0.05) is 11.4 Å². The molecule has 1 saturated heterocycles. The van der Waals surface area contributed by atoms with Crippen molar-refractivity contribution in [2.45, 2.75) is 45.1 Å². The number of ether oxygens (including phenoxy) is 1. The maximum Gasteiger partial charge on any atom is 0.341 e. The van der Waals surface area contributed by atoms with Gasteiger partial charge in [-0.2, -0.15) is 0 Å². The number of primary amides is 2. The molecule has 1 fully saturated rings. The predicted molar refractivity (Wildman–Crippen MR) is 121 cm³/mol. The molecule has 1 aromatic carbocycles. The Morgan fingerprint density at radius 1 is 1.19 bits per heavy atom. The summed E-state index contributed by atoms with van der Waals surface area (Å²) in [4.78, 5) is 38.4. The van der Waals surface area contributed by atoms with E-state index in [4.69, 9.17) is 16.2 Å². The molecule has 2 aromatic rings. The molecule has 0 spiro atoms. The minimum absolute atomic E-state index is 0.239. The lowest BCUT2D eigenvalue weighted by Gasteiger charge is -2.22. The first-order valence-corrected chi connectivity index (χ1v) is 11.1. The number of anilines is 1. The number of esters is 1. The lowest BCUT2D eigenvalue weighted by atomic mass is 10.0. The standard InChI is InChI=1S/C22H28N4O4S/c1-13(2)14-6-5-7-15(10-14)18-11-17(19(31-18)25-21(23)28)20(27)30-16-8-3-4-9-26(12-16)22(24)29/h5-7,10-11,13,16H,3-4,8-9,12H2,1-2H3,(H2,24,29)(H3,23,25,28). The van der Waals surface area contributed by atoms with Crippen molar-refractivity contribution in [3.05, 3.63) is 41.5 Å². The summed E-state index contributed by atoms with van der Waals surface area (Å²) in [6, 6.07) is 8.46. The van der Waals surface area contributed by atoms with Crippen molar-refractivity contribution in [3.8, 4) is 10.4 Å². The van der Waals surface area contributed by atoms with E-state index in [1.165, 1.54) is 21.8 Å². The van der Waals surface area contributed by atoms with Crippen molar-refractivity contribution in [2.24, 2.45) is 11.5 Å². The molecule has 2 heterocycles. The number of hydrogen-bond donors (Lipinski definition) is 3. The van der Waals surface area contributed by atoms with Crippen LogP contribution in [0.4, 0.5) is 14.6 Å². The zero-order chi connectivity index (χ0) is 22.5. The Labute approximate surface area is 185 Å². The molecule has 31 heavy (non-hydrogen) atoms. The van der Waals surface area contributed by atoms with Crippen molar-refractivity contribution in [2.75, 3.05) is 18.4 Å². The fourth-order valence-corrected chi connectivity index (χ4v) is 4.60. The van der Waals surface area contributed by atoms with E-state index < -0.39 is 24.1 Å². The smallest absolute Gasteiger partial charge is 0.341 e. The Balaban J connectivity index is 1.86. The van der Waals surface area contributed by atoms with E-state index in [-0.39, 0.29) is 12.1 Å². The molecule has 1 aliphatic heterocycles. The zero-order valence-electron chi connectivity index (χ0n) is 17.7. The van der Waals surface area contributed by atoms with Gasteiger partial charge in [-0.3, -0.25) is 5.32 Å².